The lowest BCUT2D eigenvalue weighted by Crippen LogP contribution is -2.37. The number of amides is 1. The van der Waals surface area contributed by atoms with Crippen molar-refractivity contribution in [1.82, 2.24) is 10.3 Å². The number of aliphatic hydroxyl groups is 1. The number of carbonyl (C=O) groups is 1. The SMILES string of the molecule is CCC(NC(=O)c1cc(N2CCCC(CO)C2)nc2ccccc12)c1ccccc1. The third-order valence-electron chi connectivity index (χ3n) is 5.96. The summed E-state index contributed by atoms with van der Waals surface area (Å²) in [4.78, 5) is 20.4. The Balaban J connectivity index is 1.67. The highest BCUT2D eigenvalue weighted by molar-refractivity contribution is 6.07. The number of nitrogens with one attached hydrogen (secondary N) is 1. The van der Waals surface area contributed by atoms with E-state index >= 15 is 0 Å². The Bertz CT molecular complexity index is 1010. The first-order chi connectivity index (χ1) is 14.7. The zero-order valence-electron chi connectivity index (χ0n) is 17.4. The molecule has 0 saturated carbocycles. The summed E-state index contributed by atoms with van der Waals surface area (Å²) in [7, 11) is 0. The van der Waals surface area contributed by atoms with Crippen molar-refractivity contribution >= 4 is 22.6 Å². The predicted molar refractivity (Wildman–Crippen MR) is 121 cm³/mol. The predicted octanol–water partition coefficient (Wildman–Crippen LogP) is 4.32. The average molecular weight is 404 g/mol. The number of aliphatic hydroxyl groups excluding tert-OH is 1. The Hall–Kier alpha value is -2.92. The Morgan fingerprint density at radius 2 is 1.97 bits per heavy atom. The quantitative estimate of drug-likeness (QED) is 0.643. The van der Waals surface area contributed by atoms with Gasteiger partial charge in [0, 0.05) is 25.1 Å². The molecule has 0 spiro atoms. The maximum Gasteiger partial charge on any atom is 0.252 e. The number of rotatable bonds is 6. The van der Waals surface area contributed by atoms with Crippen molar-refractivity contribution in [2.75, 3.05) is 24.6 Å². The molecule has 2 atom stereocenters. The Morgan fingerprint density at radius 3 is 2.73 bits per heavy atom. The van der Waals surface area contributed by atoms with Gasteiger partial charge in [-0.05, 0) is 42.9 Å². The lowest BCUT2D eigenvalue weighted by molar-refractivity contribution is 0.0937. The minimum atomic E-state index is -0.0822. The van der Waals surface area contributed by atoms with E-state index in [0.29, 0.717) is 5.56 Å². The van der Waals surface area contributed by atoms with Crippen molar-refractivity contribution in [3.8, 4) is 0 Å². The number of nitrogens with zero attached hydrogens (tertiary/aromatic N) is 2. The molecule has 5 nitrogen and oxygen atoms in total. The molecule has 3 aromatic rings. The van der Waals surface area contributed by atoms with Crippen molar-refractivity contribution in [2.24, 2.45) is 5.92 Å². The van der Waals surface area contributed by atoms with Gasteiger partial charge in [0.25, 0.3) is 5.91 Å². The molecular weight excluding hydrogens is 374 g/mol. The molecule has 2 N–H and O–H groups in total. The number of piperidine rings is 1. The molecule has 5 heteroatoms. The van der Waals surface area contributed by atoms with Gasteiger partial charge in [-0.1, -0.05) is 55.5 Å². The highest BCUT2D eigenvalue weighted by Gasteiger charge is 2.23. The van der Waals surface area contributed by atoms with Crippen molar-refractivity contribution in [3.63, 3.8) is 0 Å². The van der Waals surface area contributed by atoms with E-state index in [2.05, 4.69) is 17.1 Å². The van der Waals surface area contributed by atoms with Crippen LogP contribution in [-0.4, -0.2) is 35.7 Å². The number of pyridine rings is 1. The Morgan fingerprint density at radius 1 is 1.20 bits per heavy atom. The first-order valence-corrected chi connectivity index (χ1v) is 10.8. The van der Waals surface area contributed by atoms with Crippen LogP contribution < -0.4 is 10.2 Å². The monoisotopic (exact) mass is 403 g/mol. The van der Waals surface area contributed by atoms with E-state index in [1.807, 2.05) is 60.7 Å². The van der Waals surface area contributed by atoms with Gasteiger partial charge >= 0.3 is 0 Å². The fourth-order valence-corrected chi connectivity index (χ4v) is 4.28. The average Bonchev–Trinajstić information content (AvgIpc) is 2.82. The van der Waals surface area contributed by atoms with E-state index in [9.17, 15) is 9.90 Å². The molecule has 1 amide bonds. The van der Waals surface area contributed by atoms with Gasteiger partial charge in [-0.2, -0.15) is 0 Å². The molecule has 1 aliphatic rings. The molecule has 2 aromatic carbocycles. The fourth-order valence-electron chi connectivity index (χ4n) is 4.28. The summed E-state index contributed by atoms with van der Waals surface area (Å²) in [5.74, 6) is 0.984. The summed E-state index contributed by atoms with van der Waals surface area (Å²) in [6.07, 6.45) is 2.87. The van der Waals surface area contributed by atoms with Crippen molar-refractivity contribution in [3.05, 3.63) is 71.8 Å². The summed E-state index contributed by atoms with van der Waals surface area (Å²) in [6.45, 7) is 3.93. The summed E-state index contributed by atoms with van der Waals surface area (Å²) in [6, 6.07) is 19.8. The standard InChI is InChI=1S/C25H29N3O2/c1-2-22(19-10-4-3-5-11-19)27-25(30)21-15-24(26-23-13-7-6-12-20(21)23)28-14-8-9-18(16-28)17-29/h3-7,10-13,15,18,22,29H,2,8-9,14,16-17H2,1H3,(H,27,30). The molecule has 30 heavy (non-hydrogen) atoms. The minimum Gasteiger partial charge on any atom is -0.396 e. The van der Waals surface area contributed by atoms with Gasteiger partial charge in [0.05, 0.1) is 17.1 Å². The van der Waals surface area contributed by atoms with E-state index < -0.39 is 0 Å². The number of anilines is 1. The topological polar surface area (TPSA) is 65.5 Å². The second-order valence-electron chi connectivity index (χ2n) is 8.03. The van der Waals surface area contributed by atoms with Crippen LogP contribution in [0.25, 0.3) is 10.9 Å². The van der Waals surface area contributed by atoms with Gasteiger partial charge in [-0.25, -0.2) is 4.98 Å². The number of benzene rings is 2. The van der Waals surface area contributed by atoms with E-state index in [-0.39, 0.29) is 24.5 Å². The molecule has 0 bridgehead atoms. The van der Waals surface area contributed by atoms with Gasteiger partial charge < -0.3 is 15.3 Å². The number of hydrogen-bond donors (Lipinski definition) is 2. The van der Waals surface area contributed by atoms with Crippen molar-refractivity contribution in [2.45, 2.75) is 32.2 Å². The molecule has 1 aromatic heterocycles. The number of aromatic nitrogens is 1. The lowest BCUT2D eigenvalue weighted by Gasteiger charge is -2.33. The van der Waals surface area contributed by atoms with E-state index in [4.69, 9.17) is 4.98 Å². The number of carbonyl (C=O) groups excluding carboxylic acids is 1. The van der Waals surface area contributed by atoms with Crippen LogP contribution in [0.3, 0.4) is 0 Å². The maximum absolute atomic E-state index is 13.4. The highest BCUT2D eigenvalue weighted by atomic mass is 16.3. The van der Waals surface area contributed by atoms with Crippen LogP contribution in [0.5, 0.6) is 0 Å². The van der Waals surface area contributed by atoms with Gasteiger partial charge in [0.2, 0.25) is 0 Å². The van der Waals surface area contributed by atoms with Crippen molar-refractivity contribution < 1.29 is 9.90 Å². The van der Waals surface area contributed by atoms with Crippen LogP contribution in [0, 0.1) is 5.92 Å². The van der Waals surface area contributed by atoms with Gasteiger partial charge in [0.1, 0.15) is 5.82 Å². The summed E-state index contributed by atoms with van der Waals surface area (Å²) in [5.41, 5.74) is 2.57. The molecule has 2 heterocycles. The fraction of sp³-hybridized carbons (Fsp3) is 0.360. The lowest BCUT2D eigenvalue weighted by atomic mass is 9.98. The van der Waals surface area contributed by atoms with Crippen LogP contribution in [0.2, 0.25) is 0 Å². The molecule has 0 aliphatic carbocycles. The minimum absolute atomic E-state index is 0.0390. The largest absolute Gasteiger partial charge is 0.396 e. The molecule has 1 aliphatic heterocycles. The summed E-state index contributed by atoms with van der Waals surface area (Å²) in [5, 5.41) is 13.7. The zero-order valence-corrected chi connectivity index (χ0v) is 17.4. The van der Waals surface area contributed by atoms with Gasteiger partial charge in [-0.15, -0.1) is 0 Å². The number of para-hydroxylation sites is 1. The van der Waals surface area contributed by atoms with Gasteiger partial charge in [-0.3, -0.25) is 4.79 Å². The third kappa shape index (κ3) is 4.31. The molecule has 1 saturated heterocycles. The second kappa shape index (κ2) is 9.26. The molecular formula is C25H29N3O2. The normalized spacial score (nSPS) is 17.7. The smallest absolute Gasteiger partial charge is 0.252 e. The van der Waals surface area contributed by atoms with Crippen LogP contribution in [0.1, 0.15) is 48.1 Å². The zero-order chi connectivity index (χ0) is 20.9. The molecule has 4 rings (SSSR count). The van der Waals surface area contributed by atoms with Crippen LogP contribution in [-0.2, 0) is 0 Å². The van der Waals surface area contributed by atoms with Crippen molar-refractivity contribution in [1.29, 1.82) is 0 Å². The first kappa shape index (κ1) is 20.4. The second-order valence-corrected chi connectivity index (χ2v) is 8.03. The Kier molecular flexibility index (Phi) is 6.29. The number of fused-ring (bicyclic) bond motifs is 1. The summed E-state index contributed by atoms with van der Waals surface area (Å²) >= 11 is 0. The number of hydrogen-bond acceptors (Lipinski definition) is 4. The van der Waals surface area contributed by atoms with Crippen LogP contribution in [0.15, 0.2) is 60.7 Å². The van der Waals surface area contributed by atoms with E-state index in [1.54, 1.807) is 0 Å². The Labute approximate surface area is 177 Å². The van der Waals surface area contributed by atoms with Crippen LogP contribution >= 0.6 is 0 Å². The first-order valence-electron chi connectivity index (χ1n) is 10.8. The van der Waals surface area contributed by atoms with E-state index in [1.165, 1.54) is 0 Å². The van der Waals surface area contributed by atoms with Gasteiger partial charge in [0.15, 0.2) is 0 Å². The highest BCUT2D eigenvalue weighted by Crippen LogP contribution is 2.27. The molecule has 0 radical (unpaired) electrons. The molecule has 1 fully saturated rings. The summed E-state index contributed by atoms with van der Waals surface area (Å²) < 4.78 is 0. The maximum atomic E-state index is 13.4. The van der Waals surface area contributed by atoms with E-state index in [0.717, 1.165) is 54.6 Å². The van der Waals surface area contributed by atoms with Crippen LogP contribution in [0.4, 0.5) is 5.82 Å². The molecule has 2 unspecified atom stereocenters. The third-order valence-corrected chi connectivity index (χ3v) is 5.96. The molecule has 156 valence electrons.